The van der Waals surface area contributed by atoms with Gasteiger partial charge in [-0.15, -0.1) is 22.7 Å². The smallest absolute Gasteiger partial charge is 0.263 e. The van der Waals surface area contributed by atoms with E-state index in [4.69, 9.17) is 0 Å². The van der Waals surface area contributed by atoms with Gasteiger partial charge in [0, 0.05) is 28.9 Å². The third kappa shape index (κ3) is 3.20. The summed E-state index contributed by atoms with van der Waals surface area (Å²) >= 11 is 3.06. The largest absolute Gasteiger partial charge is 0.341 e. The van der Waals surface area contributed by atoms with Crippen molar-refractivity contribution in [3.63, 3.8) is 0 Å². The molecule has 136 valence electrons. The van der Waals surface area contributed by atoms with Crippen LogP contribution in [-0.2, 0) is 11.3 Å². The molecule has 0 unspecified atom stereocenters. The molecule has 1 aliphatic rings. The summed E-state index contributed by atoms with van der Waals surface area (Å²) in [6.45, 7) is 1.88. The Morgan fingerprint density at radius 1 is 1.38 bits per heavy atom. The Kier molecular flexibility index (Phi) is 4.88. The van der Waals surface area contributed by atoms with E-state index in [1.165, 1.54) is 22.2 Å². The van der Waals surface area contributed by atoms with Crippen molar-refractivity contribution in [2.45, 2.75) is 25.4 Å². The lowest BCUT2D eigenvalue weighted by Gasteiger charge is -2.31. The minimum Gasteiger partial charge on any atom is -0.341 e. The lowest BCUT2D eigenvalue weighted by Crippen LogP contribution is -2.45. The second-order valence-corrected chi connectivity index (χ2v) is 8.28. The first-order valence-corrected chi connectivity index (χ1v) is 10.4. The van der Waals surface area contributed by atoms with E-state index in [0.29, 0.717) is 10.2 Å². The fourth-order valence-corrected chi connectivity index (χ4v) is 5.07. The molecule has 1 aliphatic heterocycles. The summed E-state index contributed by atoms with van der Waals surface area (Å²) in [6.07, 6.45) is 3.39. The molecule has 0 saturated carbocycles. The molecule has 0 atom stereocenters. The highest BCUT2D eigenvalue weighted by molar-refractivity contribution is 7.18. The van der Waals surface area contributed by atoms with Crippen LogP contribution < -0.4 is 10.9 Å². The van der Waals surface area contributed by atoms with Crippen molar-refractivity contribution in [2.75, 3.05) is 20.1 Å². The molecule has 1 saturated heterocycles. The highest BCUT2D eigenvalue weighted by atomic mass is 32.1. The summed E-state index contributed by atoms with van der Waals surface area (Å²) < 4.78 is 1.44. The van der Waals surface area contributed by atoms with Crippen molar-refractivity contribution in [3.05, 3.63) is 39.6 Å². The van der Waals surface area contributed by atoms with Gasteiger partial charge in [0.2, 0.25) is 5.91 Å². The molecule has 1 amide bonds. The molecule has 0 aromatic carbocycles. The summed E-state index contributed by atoms with van der Waals surface area (Å²) in [4.78, 5) is 33.6. The summed E-state index contributed by atoms with van der Waals surface area (Å²) in [5, 5.41) is 7.87. The lowest BCUT2D eigenvalue weighted by molar-refractivity contribution is -0.133. The Balaban J connectivity index is 1.62. The quantitative estimate of drug-likeness (QED) is 0.745. The zero-order valence-corrected chi connectivity index (χ0v) is 16.1. The van der Waals surface area contributed by atoms with Crippen LogP contribution in [0, 0.1) is 0 Å². The van der Waals surface area contributed by atoms with Crippen LogP contribution in [0.2, 0.25) is 0 Å². The molecule has 0 radical (unpaired) electrons. The Labute approximate surface area is 159 Å². The van der Waals surface area contributed by atoms with E-state index in [9.17, 15) is 9.59 Å². The van der Waals surface area contributed by atoms with Gasteiger partial charge in [0.15, 0.2) is 0 Å². The number of aromatic nitrogens is 2. The third-order valence-corrected chi connectivity index (χ3v) is 6.69. The number of rotatable bonds is 4. The molecule has 1 fully saturated rings. The van der Waals surface area contributed by atoms with E-state index < -0.39 is 0 Å². The van der Waals surface area contributed by atoms with E-state index in [-0.39, 0.29) is 24.1 Å². The number of piperidine rings is 1. The number of carbonyl (C=O) groups is 1. The molecule has 4 heterocycles. The Morgan fingerprint density at radius 2 is 2.19 bits per heavy atom. The molecule has 0 bridgehead atoms. The van der Waals surface area contributed by atoms with Gasteiger partial charge in [-0.3, -0.25) is 14.2 Å². The van der Waals surface area contributed by atoms with Crippen LogP contribution in [0.3, 0.4) is 0 Å². The van der Waals surface area contributed by atoms with Crippen LogP contribution in [0.5, 0.6) is 0 Å². The van der Waals surface area contributed by atoms with E-state index in [0.717, 1.165) is 36.4 Å². The molecule has 0 spiro atoms. The van der Waals surface area contributed by atoms with Crippen LogP contribution in [0.4, 0.5) is 0 Å². The maximum Gasteiger partial charge on any atom is 0.263 e. The Bertz CT molecular complexity index is 971. The monoisotopic (exact) mass is 388 g/mol. The van der Waals surface area contributed by atoms with Gasteiger partial charge in [-0.05, 0) is 37.4 Å². The first-order chi connectivity index (χ1) is 12.6. The standard InChI is InChI=1S/C18H20N4O2S2/c1-21(12-4-6-19-7-5-12)15(23)9-22-11-20-17-16(18(22)24)13(10-26-17)14-3-2-8-25-14/h2-3,8,10-12,19H,4-7,9H2,1H3. The lowest BCUT2D eigenvalue weighted by atomic mass is 10.1. The second kappa shape index (κ2) is 7.30. The number of fused-ring (bicyclic) bond motifs is 1. The van der Waals surface area contributed by atoms with Gasteiger partial charge in [-0.25, -0.2) is 4.98 Å². The number of hydrogen-bond acceptors (Lipinski definition) is 6. The van der Waals surface area contributed by atoms with Crippen LogP contribution >= 0.6 is 22.7 Å². The van der Waals surface area contributed by atoms with Crippen molar-refractivity contribution in [1.82, 2.24) is 19.8 Å². The fraction of sp³-hybridized carbons (Fsp3) is 0.389. The van der Waals surface area contributed by atoms with Gasteiger partial charge >= 0.3 is 0 Å². The number of thiophene rings is 2. The minimum absolute atomic E-state index is 0.0297. The first-order valence-electron chi connectivity index (χ1n) is 8.62. The average molecular weight is 389 g/mol. The maximum absolute atomic E-state index is 13.0. The number of amides is 1. The van der Waals surface area contributed by atoms with Crippen LogP contribution in [0.15, 0.2) is 34.0 Å². The van der Waals surface area contributed by atoms with Gasteiger partial charge in [0.25, 0.3) is 5.56 Å². The van der Waals surface area contributed by atoms with E-state index in [1.807, 2.05) is 29.9 Å². The van der Waals surface area contributed by atoms with Crippen molar-refractivity contribution >= 4 is 38.8 Å². The summed E-state index contributed by atoms with van der Waals surface area (Å²) in [5.41, 5.74) is 0.762. The Morgan fingerprint density at radius 3 is 2.92 bits per heavy atom. The number of nitrogens with zero attached hydrogens (tertiary/aromatic N) is 3. The molecule has 4 rings (SSSR count). The zero-order chi connectivity index (χ0) is 18.1. The van der Waals surface area contributed by atoms with E-state index in [1.54, 1.807) is 16.2 Å². The molecule has 1 N–H and O–H groups in total. The van der Waals surface area contributed by atoms with Gasteiger partial charge in [0.1, 0.15) is 11.4 Å². The summed E-state index contributed by atoms with van der Waals surface area (Å²) in [5.74, 6) is -0.0481. The number of hydrogen-bond donors (Lipinski definition) is 1. The average Bonchev–Trinajstić information content (AvgIpc) is 3.33. The molecule has 26 heavy (non-hydrogen) atoms. The van der Waals surface area contributed by atoms with Crippen LogP contribution in [-0.4, -0.2) is 46.5 Å². The topological polar surface area (TPSA) is 67.2 Å². The summed E-state index contributed by atoms with van der Waals surface area (Å²) in [7, 11) is 1.83. The molecular weight excluding hydrogens is 368 g/mol. The normalized spacial score (nSPS) is 15.4. The highest BCUT2D eigenvalue weighted by Crippen LogP contribution is 2.33. The predicted molar refractivity (Wildman–Crippen MR) is 106 cm³/mol. The number of likely N-dealkylation sites (N-methyl/N-ethyl adjacent to an activating group) is 1. The number of nitrogens with one attached hydrogen (secondary N) is 1. The predicted octanol–water partition coefficient (Wildman–Crippen LogP) is 2.40. The van der Waals surface area contributed by atoms with E-state index >= 15 is 0 Å². The van der Waals surface area contributed by atoms with Gasteiger partial charge in [-0.2, -0.15) is 0 Å². The molecule has 6 nitrogen and oxygen atoms in total. The minimum atomic E-state index is -0.147. The van der Waals surface area contributed by atoms with Crippen LogP contribution in [0.1, 0.15) is 12.8 Å². The number of carbonyl (C=O) groups excluding carboxylic acids is 1. The molecule has 3 aromatic heterocycles. The molecule has 3 aromatic rings. The molecule has 8 heteroatoms. The SMILES string of the molecule is CN(C(=O)Cn1cnc2scc(-c3cccs3)c2c1=O)C1CCNCC1. The van der Waals surface area contributed by atoms with Crippen molar-refractivity contribution < 1.29 is 4.79 Å². The molecule has 0 aliphatic carbocycles. The van der Waals surface area contributed by atoms with Crippen molar-refractivity contribution in [1.29, 1.82) is 0 Å². The van der Waals surface area contributed by atoms with Crippen molar-refractivity contribution in [2.24, 2.45) is 0 Å². The highest BCUT2D eigenvalue weighted by Gasteiger charge is 2.23. The van der Waals surface area contributed by atoms with Gasteiger partial charge in [0.05, 0.1) is 11.7 Å². The van der Waals surface area contributed by atoms with Gasteiger partial charge in [-0.1, -0.05) is 6.07 Å². The first kappa shape index (κ1) is 17.4. The third-order valence-electron chi connectivity index (χ3n) is 4.90. The van der Waals surface area contributed by atoms with Crippen LogP contribution in [0.25, 0.3) is 20.7 Å². The van der Waals surface area contributed by atoms with Crippen molar-refractivity contribution in [3.8, 4) is 10.4 Å². The second-order valence-electron chi connectivity index (χ2n) is 6.47. The summed E-state index contributed by atoms with van der Waals surface area (Å²) in [6, 6.07) is 4.20. The maximum atomic E-state index is 13.0. The molecular formula is C18H20N4O2S2. The van der Waals surface area contributed by atoms with E-state index in [2.05, 4.69) is 10.3 Å². The Hall–Kier alpha value is -2.03. The van der Waals surface area contributed by atoms with Gasteiger partial charge < -0.3 is 10.2 Å². The zero-order valence-electron chi connectivity index (χ0n) is 14.5. The fourth-order valence-electron chi connectivity index (χ4n) is 3.35.